The molecule has 0 spiro atoms. The van der Waals surface area contributed by atoms with Crippen LogP contribution in [0.5, 0.6) is 0 Å². The van der Waals surface area contributed by atoms with Crippen LogP contribution >= 0.6 is 0 Å². The van der Waals surface area contributed by atoms with Crippen LogP contribution in [0.25, 0.3) is 0 Å². The van der Waals surface area contributed by atoms with E-state index >= 15 is 0 Å². The average Bonchev–Trinajstić information content (AvgIpc) is 2.48. The fourth-order valence-corrected chi connectivity index (χ4v) is 2.74. The molecular formula is C16H17NO4S. The van der Waals surface area contributed by atoms with E-state index in [0.717, 1.165) is 11.1 Å². The van der Waals surface area contributed by atoms with E-state index in [1.165, 1.54) is 12.1 Å². The largest absolute Gasteiger partial charge is 0.441 e. The Labute approximate surface area is 130 Å². The molecule has 0 aliphatic rings. The molecule has 1 unspecified atom stereocenters. The van der Waals surface area contributed by atoms with Crippen molar-refractivity contribution in [3.05, 3.63) is 65.7 Å². The van der Waals surface area contributed by atoms with Crippen LogP contribution in [0.2, 0.25) is 0 Å². The second-order valence-electron chi connectivity index (χ2n) is 4.88. The highest BCUT2D eigenvalue weighted by Gasteiger charge is 2.20. The van der Waals surface area contributed by atoms with E-state index in [1.54, 1.807) is 31.2 Å². The first-order valence-electron chi connectivity index (χ1n) is 6.73. The first-order valence-corrected chi connectivity index (χ1v) is 8.22. The lowest BCUT2D eigenvalue weighted by molar-refractivity contribution is 0.113. The Morgan fingerprint density at radius 1 is 1.05 bits per heavy atom. The number of carbonyl (C=O) groups is 1. The van der Waals surface area contributed by atoms with Crippen LogP contribution in [0.1, 0.15) is 24.2 Å². The molecule has 116 valence electrons. The number of amides is 1. The molecule has 0 radical (unpaired) electrons. The zero-order valence-electron chi connectivity index (χ0n) is 12.3. The molecule has 1 amide bonds. The van der Waals surface area contributed by atoms with Crippen LogP contribution in [0.4, 0.5) is 4.79 Å². The minimum absolute atomic E-state index is 0.0161. The van der Waals surface area contributed by atoms with E-state index in [4.69, 9.17) is 4.74 Å². The number of hydrogen-bond donors (Lipinski definition) is 1. The third-order valence-corrected chi connectivity index (χ3v) is 4.43. The van der Waals surface area contributed by atoms with Crippen molar-refractivity contribution in [3.63, 3.8) is 0 Å². The van der Waals surface area contributed by atoms with Gasteiger partial charge in [0.1, 0.15) is 6.10 Å². The van der Waals surface area contributed by atoms with Crippen molar-refractivity contribution in [3.8, 4) is 0 Å². The van der Waals surface area contributed by atoms with Crippen molar-refractivity contribution in [2.75, 3.05) is 0 Å². The van der Waals surface area contributed by atoms with Gasteiger partial charge < -0.3 is 4.74 Å². The number of nitrogens with one attached hydrogen (secondary N) is 1. The Balaban J connectivity index is 2.03. The fourth-order valence-electron chi connectivity index (χ4n) is 1.86. The average molecular weight is 319 g/mol. The number of rotatable bonds is 4. The molecule has 0 fully saturated rings. The summed E-state index contributed by atoms with van der Waals surface area (Å²) in [6.45, 7) is 3.52. The molecule has 0 aliphatic heterocycles. The molecular weight excluding hydrogens is 302 g/mol. The molecule has 2 aromatic rings. The molecule has 1 atom stereocenters. The van der Waals surface area contributed by atoms with Gasteiger partial charge in [-0.25, -0.2) is 17.9 Å². The summed E-state index contributed by atoms with van der Waals surface area (Å²) in [4.78, 5) is 11.8. The second-order valence-corrected chi connectivity index (χ2v) is 6.56. The van der Waals surface area contributed by atoms with E-state index in [-0.39, 0.29) is 4.90 Å². The van der Waals surface area contributed by atoms with Crippen LogP contribution < -0.4 is 4.72 Å². The molecule has 0 bridgehead atoms. The molecule has 0 aromatic heterocycles. The zero-order valence-corrected chi connectivity index (χ0v) is 13.1. The third-order valence-electron chi connectivity index (χ3n) is 3.10. The van der Waals surface area contributed by atoms with Crippen molar-refractivity contribution < 1.29 is 17.9 Å². The maximum Gasteiger partial charge on any atom is 0.421 e. The lowest BCUT2D eigenvalue weighted by Gasteiger charge is -2.14. The van der Waals surface area contributed by atoms with Gasteiger partial charge in [-0.15, -0.1) is 0 Å². The molecule has 6 heteroatoms. The number of ether oxygens (including phenoxy) is 1. The smallest absolute Gasteiger partial charge is 0.421 e. The summed E-state index contributed by atoms with van der Waals surface area (Å²) in [5.41, 5.74) is 1.71. The highest BCUT2D eigenvalue weighted by atomic mass is 32.2. The molecule has 22 heavy (non-hydrogen) atoms. The predicted molar refractivity (Wildman–Crippen MR) is 82.8 cm³/mol. The molecule has 0 saturated carbocycles. The van der Waals surface area contributed by atoms with Gasteiger partial charge in [-0.1, -0.05) is 48.0 Å². The monoisotopic (exact) mass is 319 g/mol. The Morgan fingerprint density at radius 2 is 1.64 bits per heavy atom. The highest BCUT2D eigenvalue weighted by molar-refractivity contribution is 7.90. The first kappa shape index (κ1) is 16.0. The Morgan fingerprint density at radius 3 is 2.23 bits per heavy atom. The number of aryl methyl sites for hydroxylation is 1. The van der Waals surface area contributed by atoms with E-state index in [0.29, 0.717) is 0 Å². The fraction of sp³-hybridized carbons (Fsp3) is 0.188. The van der Waals surface area contributed by atoms with Crippen LogP contribution in [-0.2, 0) is 14.8 Å². The normalized spacial score (nSPS) is 12.5. The van der Waals surface area contributed by atoms with Crippen LogP contribution in [-0.4, -0.2) is 14.5 Å². The number of sulfonamides is 1. The Bertz CT molecular complexity index is 739. The Kier molecular flexibility index (Phi) is 4.82. The standard InChI is InChI=1S/C16H17NO4S/c1-12-8-10-15(11-9-12)22(19,20)17-16(18)21-13(2)14-6-4-3-5-7-14/h3-11,13H,1-2H3,(H,17,18). The lowest BCUT2D eigenvalue weighted by Crippen LogP contribution is -2.31. The summed E-state index contributed by atoms with van der Waals surface area (Å²) in [5, 5.41) is 0. The van der Waals surface area contributed by atoms with Crippen LogP contribution in [0.15, 0.2) is 59.5 Å². The van der Waals surface area contributed by atoms with Gasteiger partial charge in [0.15, 0.2) is 0 Å². The SMILES string of the molecule is Cc1ccc(S(=O)(=O)NC(=O)OC(C)c2ccccc2)cc1. The molecule has 2 rings (SSSR count). The summed E-state index contributed by atoms with van der Waals surface area (Å²) in [5.74, 6) is 0. The number of benzene rings is 2. The van der Waals surface area contributed by atoms with Crippen molar-refractivity contribution >= 4 is 16.1 Å². The second kappa shape index (κ2) is 6.62. The molecule has 0 aliphatic carbocycles. The van der Waals surface area contributed by atoms with Gasteiger partial charge in [-0.3, -0.25) is 0 Å². The maximum atomic E-state index is 12.1. The summed E-state index contributed by atoms with van der Waals surface area (Å²) in [6.07, 6.45) is -1.55. The molecule has 0 heterocycles. The molecule has 0 saturated heterocycles. The maximum absolute atomic E-state index is 12.1. The minimum atomic E-state index is -3.93. The van der Waals surface area contributed by atoms with Gasteiger partial charge in [0.25, 0.3) is 10.0 Å². The number of carbonyl (C=O) groups excluding carboxylic acids is 1. The first-order chi connectivity index (χ1) is 10.4. The van der Waals surface area contributed by atoms with Crippen molar-refractivity contribution in [1.82, 2.24) is 4.72 Å². The van der Waals surface area contributed by atoms with Crippen molar-refractivity contribution in [2.24, 2.45) is 0 Å². The van der Waals surface area contributed by atoms with Gasteiger partial charge in [0.05, 0.1) is 4.90 Å². The van der Waals surface area contributed by atoms with E-state index in [1.807, 2.05) is 29.8 Å². The van der Waals surface area contributed by atoms with Gasteiger partial charge >= 0.3 is 6.09 Å². The summed E-state index contributed by atoms with van der Waals surface area (Å²) in [7, 11) is -3.93. The molecule has 1 N–H and O–H groups in total. The van der Waals surface area contributed by atoms with Gasteiger partial charge in [-0.2, -0.15) is 0 Å². The van der Waals surface area contributed by atoms with E-state index < -0.39 is 22.2 Å². The third kappa shape index (κ3) is 4.08. The summed E-state index contributed by atoms with van der Waals surface area (Å²) in [6, 6.07) is 15.3. The van der Waals surface area contributed by atoms with E-state index in [9.17, 15) is 13.2 Å². The van der Waals surface area contributed by atoms with Gasteiger partial charge in [0.2, 0.25) is 0 Å². The Hall–Kier alpha value is -2.34. The van der Waals surface area contributed by atoms with Crippen LogP contribution in [0, 0.1) is 6.92 Å². The van der Waals surface area contributed by atoms with Crippen LogP contribution in [0.3, 0.4) is 0 Å². The topological polar surface area (TPSA) is 72.5 Å². The molecule has 2 aromatic carbocycles. The van der Waals surface area contributed by atoms with Gasteiger partial charge in [0, 0.05) is 0 Å². The predicted octanol–water partition coefficient (Wildman–Crippen LogP) is 3.17. The summed E-state index contributed by atoms with van der Waals surface area (Å²) < 4.78 is 31.1. The number of hydrogen-bond acceptors (Lipinski definition) is 4. The highest BCUT2D eigenvalue weighted by Crippen LogP contribution is 2.17. The summed E-state index contributed by atoms with van der Waals surface area (Å²) >= 11 is 0. The zero-order chi connectivity index (χ0) is 16.2. The minimum Gasteiger partial charge on any atom is -0.441 e. The lowest BCUT2D eigenvalue weighted by atomic mass is 10.1. The van der Waals surface area contributed by atoms with Crippen molar-refractivity contribution in [1.29, 1.82) is 0 Å². The van der Waals surface area contributed by atoms with Crippen molar-refractivity contribution in [2.45, 2.75) is 24.8 Å². The van der Waals surface area contributed by atoms with Gasteiger partial charge in [-0.05, 0) is 31.5 Å². The van der Waals surface area contributed by atoms with E-state index in [2.05, 4.69) is 0 Å². The quantitative estimate of drug-likeness (QED) is 0.939. The molecule has 5 nitrogen and oxygen atoms in total.